The van der Waals surface area contributed by atoms with E-state index in [1.807, 2.05) is 6.92 Å². The van der Waals surface area contributed by atoms with Gasteiger partial charge >= 0.3 is 11.7 Å². The molecule has 1 aliphatic heterocycles. The van der Waals surface area contributed by atoms with Gasteiger partial charge in [0.15, 0.2) is 12.3 Å². The van der Waals surface area contributed by atoms with E-state index in [-0.39, 0.29) is 0 Å². The number of aromatic nitrogens is 2. The zero-order valence-corrected chi connectivity index (χ0v) is 12.7. The monoisotopic (exact) mass is 312 g/mol. The van der Waals surface area contributed by atoms with Crippen molar-refractivity contribution in [1.82, 2.24) is 9.55 Å². The lowest BCUT2D eigenvalue weighted by Gasteiger charge is -2.22. The van der Waals surface area contributed by atoms with Crippen LogP contribution in [0.3, 0.4) is 0 Å². The van der Waals surface area contributed by atoms with Gasteiger partial charge in [-0.05, 0) is 13.3 Å². The number of ether oxygens (including phenoxy) is 2. The van der Waals surface area contributed by atoms with E-state index in [1.54, 1.807) is 13.8 Å². The van der Waals surface area contributed by atoms with E-state index in [0.717, 1.165) is 6.42 Å². The third kappa shape index (κ3) is 2.97. The number of carboxylic acid groups (broad SMARTS) is 1. The highest BCUT2D eigenvalue weighted by Crippen LogP contribution is 2.35. The summed E-state index contributed by atoms with van der Waals surface area (Å²) in [5.41, 5.74) is -0.791. The summed E-state index contributed by atoms with van der Waals surface area (Å²) >= 11 is 0. The quantitative estimate of drug-likeness (QED) is 0.807. The van der Waals surface area contributed by atoms with Gasteiger partial charge in [0.05, 0.1) is 0 Å². The highest BCUT2D eigenvalue weighted by atomic mass is 16.6. The van der Waals surface area contributed by atoms with Gasteiger partial charge in [0, 0.05) is 24.3 Å². The summed E-state index contributed by atoms with van der Waals surface area (Å²) in [7, 11) is 0. The van der Waals surface area contributed by atoms with E-state index >= 15 is 0 Å². The lowest BCUT2D eigenvalue weighted by atomic mass is 10.0. The Morgan fingerprint density at radius 2 is 2.18 bits per heavy atom. The molecule has 0 bridgehead atoms. The van der Waals surface area contributed by atoms with Gasteiger partial charge in [0.25, 0.3) is 5.56 Å². The molecule has 1 saturated heterocycles. The molecular weight excluding hydrogens is 292 g/mol. The van der Waals surface area contributed by atoms with Crippen LogP contribution in [-0.2, 0) is 14.3 Å². The van der Waals surface area contributed by atoms with Crippen LogP contribution in [0.2, 0.25) is 0 Å². The molecule has 1 fully saturated rings. The lowest BCUT2D eigenvalue weighted by Crippen LogP contribution is -2.38. The molecule has 8 nitrogen and oxygen atoms in total. The van der Waals surface area contributed by atoms with Gasteiger partial charge in [-0.25, -0.2) is 9.59 Å². The lowest BCUT2D eigenvalue weighted by molar-refractivity contribution is -0.153. The van der Waals surface area contributed by atoms with Crippen LogP contribution < -0.4 is 11.2 Å². The Hall–Kier alpha value is -1.93. The third-order valence-corrected chi connectivity index (χ3v) is 3.74. The number of H-pyrrole nitrogens is 1. The Morgan fingerprint density at radius 3 is 2.77 bits per heavy atom. The predicted octanol–water partition coefficient (Wildman–Crippen LogP) is 0.258. The summed E-state index contributed by atoms with van der Waals surface area (Å²) in [5.74, 6) is -1.53. The van der Waals surface area contributed by atoms with Crippen LogP contribution in [0.4, 0.5) is 0 Å². The van der Waals surface area contributed by atoms with Crippen LogP contribution >= 0.6 is 0 Å². The molecular formula is C14H20N2O6. The van der Waals surface area contributed by atoms with Crippen LogP contribution in [0.25, 0.3) is 0 Å². The first-order chi connectivity index (χ1) is 10.4. The van der Waals surface area contributed by atoms with Crippen molar-refractivity contribution in [3.8, 4) is 0 Å². The van der Waals surface area contributed by atoms with E-state index in [0.29, 0.717) is 12.2 Å². The summed E-state index contributed by atoms with van der Waals surface area (Å²) in [4.78, 5) is 36.9. The molecule has 22 heavy (non-hydrogen) atoms. The molecule has 1 aromatic rings. The standard InChI is InChI=1S/C14H20N2O6/c1-4-5-21-9-8(3)10(13(18)19)22-12(9)16-6-7(2)11(17)15-14(16)20/h6,8-10,12H,4-5H2,1-3H3,(H,18,19)(H,15,17,20)/t8-,9?,10+,12+/m1/s1. The molecule has 2 N–H and O–H groups in total. The van der Waals surface area contributed by atoms with Crippen molar-refractivity contribution < 1.29 is 19.4 Å². The number of hydrogen-bond donors (Lipinski definition) is 2. The molecule has 4 atom stereocenters. The average molecular weight is 312 g/mol. The van der Waals surface area contributed by atoms with Gasteiger partial charge in [-0.2, -0.15) is 0 Å². The SMILES string of the molecule is CCCOC1[C@@H](C)[C@@H](C(=O)O)O[C@@H]1n1cc(C)c(=O)[nH]c1=O. The number of nitrogens with zero attached hydrogens (tertiary/aromatic N) is 1. The Kier molecular flexibility index (Phi) is 4.82. The third-order valence-electron chi connectivity index (χ3n) is 3.74. The zero-order valence-electron chi connectivity index (χ0n) is 12.7. The first-order valence-corrected chi connectivity index (χ1v) is 7.18. The number of aliphatic carboxylic acids is 1. The Bertz CT molecular complexity index is 664. The predicted molar refractivity (Wildman–Crippen MR) is 76.8 cm³/mol. The molecule has 0 saturated carbocycles. The van der Waals surface area contributed by atoms with E-state index in [9.17, 15) is 19.5 Å². The van der Waals surface area contributed by atoms with Crippen molar-refractivity contribution in [2.75, 3.05) is 6.61 Å². The van der Waals surface area contributed by atoms with Gasteiger partial charge in [0.1, 0.15) is 6.10 Å². The summed E-state index contributed by atoms with van der Waals surface area (Å²) in [6.45, 7) is 5.63. The number of carboxylic acids is 1. The van der Waals surface area contributed by atoms with E-state index < -0.39 is 41.6 Å². The van der Waals surface area contributed by atoms with Crippen LogP contribution in [0.15, 0.2) is 15.8 Å². The van der Waals surface area contributed by atoms with Gasteiger partial charge in [-0.15, -0.1) is 0 Å². The minimum atomic E-state index is -1.10. The van der Waals surface area contributed by atoms with Gasteiger partial charge in [0.2, 0.25) is 0 Å². The van der Waals surface area contributed by atoms with Gasteiger partial charge < -0.3 is 14.6 Å². The molecule has 0 spiro atoms. The number of nitrogens with one attached hydrogen (secondary N) is 1. The molecule has 0 aromatic carbocycles. The fourth-order valence-corrected chi connectivity index (χ4v) is 2.55. The van der Waals surface area contributed by atoms with Crippen molar-refractivity contribution in [3.63, 3.8) is 0 Å². The maximum atomic E-state index is 12.0. The molecule has 8 heteroatoms. The van der Waals surface area contributed by atoms with E-state index in [4.69, 9.17) is 9.47 Å². The number of aromatic amines is 1. The summed E-state index contributed by atoms with van der Waals surface area (Å²) < 4.78 is 12.4. The molecule has 122 valence electrons. The molecule has 2 heterocycles. The molecule has 1 aromatic heterocycles. The number of aryl methyl sites for hydroxylation is 1. The molecule has 0 amide bonds. The Morgan fingerprint density at radius 1 is 1.50 bits per heavy atom. The van der Waals surface area contributed by atoms with Crippen LogP contribution in [0.5, 0.6) is 0 Å². The number of carbonyl (C=O) groups is 1. The molecule has 2 rings (SSSR count). The van der Waals surface area contributed by atoms with Crippen molar-refractivity contribution in [2.45, 2.75) is 45.6 Å². The van der Waals surface area contributed by atoms with Crippen molar-refractivity contribution >= 4 is 5.97 Å². The number of hydrogen-bond acceptors (Lipinski definition) is 5. The van der Waals surface area contributed by atoms with Crippen molar-refractivity contribution in [2.24, 2.45) is 5.92 Å². The largest absolute Gasteiger partial charge is 0.479 e. The molecule has 1 unspecified atom stereocenters. The van der Waals surface area contributed by atoms with Crippen molar-refractivity contribution in [3.05, 3.63) is 32.6 Å². The maximum absolute atomic E-state index is 12.0. The smallest absolute Gasteiger partial charge is 0.333 e. The zero-order chi connectivity index (χ0) is 16.4. The fourth-order valence-electron chi connectivity index (χ4n) is 2.55. The van der Waals surface area contributed by atoms with Gasteiger partial charge in [-0.1, -0.05) is 13.8 Å². The topological polar surface area (TPSA) is 111 Å². The molecule has 0 aliphatic carbocycles. The van der Waals surface area contributed by atoms with E-state index in [1.165, 1.54) is 10.8 Å². The first kappa shape index (κ1) is 16.4. The van der Waals surface area contributed by atoms with Crippen LogP contribution in [0, 0.1) is 12.8 Å². The normalized spacial score (nSPS) is 28.0. The highest BCUT2D eigenvalue weighted by Gasteiger charge is 2.47. The summed E-state index contributed by atoms with van der Waals surface area (Å²) in [6, 6.07) is 0. The maximum Gasteiger partial charge on any atom is 0.333 e. The van der Waals surface area contributed by atoms with E-state index in [2.05, 4.69) is 4.98 Å². The average Bonchev–Trinajstić information content (AvgIpc) is 2.77. The Labute approximate surface area is 126 Å². The highest BCUT2D eigenvalue weighted by molar-refractivity contribution is 5.73. The number of rotatable bonds is 5. The molecule has 1 aliphatic rings. The van der Waals surface area contributed by atoms with Gasteiger partial charge in [-0.3, -0.25) is 14.3 Å². The minimum Gasteiger partial charge on any atom is -0.479 e. The van der Waals surface area contributed by atoms with Crippen molar-refractivity contribution in [1.29, 1.82) is 0 Å². The molecule has 0 radical (unpaired) electrons. The Balaban J connectivity index is 2.42. The van der Waals surface area contributed by atoms with Crippen LogP contribution in [0.1, 0.15) is 32.1 Å². The fraction of sp³-hybridized carbons (Fsp3) is 0.643. The van der Waals surface area contributed by atoms with Crippen LogP contribution in [-0.4, -0.2) is 39.4 Å². The summed E-state index contributed by atoms with van der Waals surface area (Å²) in [6.07, 6.45) is -0.404. The summed E-state index contributed by atoms with van der Waals surface area (Å²) in [5, 5.41) is 9.23. The second kappa shape index (κ2) is 6.45. The minimum absolute atomic E-state index is 0.337. The second-order valence-corrected chi connectivity index (χ2v) is 5.46. The second-order valence-electron chi connectivity index (χ2n) is 5.46. The first-order valence-electron chi connectivity index (χ1n) is 7.18.